The Kier molecular flexibility index (Phi) is 7.85. The topological polar surface area (TPSA) is 49.6 Å². The fourth-order valence-electron chi connectivity index (χ4n) is 3.52. The van der Waals surface area contributed by atoms with Crippen LogP contribution >= 0.6 is 12.4 Å². The van der Waals surface area contributed by atoms with Crippen LogP contribution in [0.5, 0.6) is 0 Å². The molecule has 2 rings (SSSR count). The average molecular weight is 304 g/mol. The van der Waals surface area contributed by atoms with Crippen LogP contribution in [0, 0.1) is 5.92 Å². The van der Waals surface area contributed by atoms with Crippen LogP contribution in [0.25, 0.3) is 0 Å². The number of rotatable bonds is 4. The fraction of sp³-hybridized carbons (Fsp3) is 0.933. The van der Waals surface area contributed by atoms with Crippen LogP contribution in [0.4, 0.5) is 0 Å². The summed E-state index contributed by atoms with van der Waals surface area (Å²) in [6.07, 6.45) is 7.15. The highest BCUT2D eigenvalue weighted by Crippen LogP contribution is 2.21. The Labute approximate surface area is 129 Å². The minimum atomic E-state index is 0. The van der Waals surface area contributed by atoms with E-state index in [1.54, 1.807) is 0 Å². The van der Waals surface area contributed by atoms with Gasteiger partial charge in [0.25, 0.3) is 0 Å². The normalized spacial score (nSPS) is 28.0. The van der Waals surface area contributed by atoms with Gasteiger partial charge in [-0.05, 0) is 57.5 Å². The first-order valence-corrected chi connectivity index (χ1v) is 7.96. The Morgan fingerprint density at radius 2 is 2.00 bits per heavy atom. The number of hydrogen-bond donors (Lipinski definition) is 1. The lowest BCUT2D eigenvalue weighted by atomic mass is 9.97. The largest absolute Gasteiger partial charge is 0.339 e. The van der Waals surface area contributed by atoms with Crippen LogP contribution in [-0.2, 0) is 4.79 Å². The number of halogens is 1. The van der Waals surface area contributed by atoms with Crippen LogP contribution in [0.1, 0.15) is 45.4 Å². The van der Waals surface area contributed by atoms with E-state index in [9.17, 15) is 4.79 Å². The summed E-state index contributed by atoms with van der Waals surface area (Å²) in [6, 6.07) is 0.483. The molecule has 1 amide bonds. The third-order valence-corrected chi connectivity index (χ3v) is 4.71. The summed E-state index contributed by atoms with van der Waals surface area (Å²) in [4.78, 5) is 16.9. The molecule has 5 heteroatoms. The second-order valence-corrected chi connectivity index (χ2v) is 6.12. The lowest BCUT2D eigenvalue weighted by Crippen LogP contribution is -2.49. The van der Waals surface area contributed by atoms with Gasteiger partial charge in [-0.2, -0.15) is 0 Å². The SMILES string of the molecule is CCC1CCCCN1C(=O)CN1CCCC(CN)C1.Cl. The predicted octanol–water partition coefficient (Wildman–Crippen LogP) is 1.87. The van der Waals surface area contributed by atoms with Crippen molar-refractivity contribution < 1.29 is 4.79 Å². The quantitative estimate of drug-likeness (QED) is 0.862. The van der Waals surface area contributed by atoms with Gasteiger partial charge in [-0.25, -0.2) is 0 Å². The number of amides is 1. The van der Waals surface area contributed by atoms with E-state index in [-0.39, 0.29) is 12.4 Å². The second kappa shape index (κ2) is 8.85. The van der Waals surface area contributed by atoms with Crippen molar-refractivity contribution >= 4 is 18.3 Å². The number of nitrogens with two attached hydrogens (primary N) is 1. The molecule has 0 aromatic carbocycles. The lowest BCUT2D eigenvalue weighted by molar-refractivity contribution is -0.136. The van der Waals surface area contributed by atoms with E-state index in [4.69, 9.17) is 5.73 Å². The summed E-state index contributed by atoms with van der Waals surface area (Å²) < 4.78 is 0. The molecule has 2 unspecified atom stereocenters. The number of likely N-dealkylation sites (tertiary alicyclic amines) is 2. The maximum absolute atomic E-state index is 12.5. The first-order chi connectivity index (χ1) is 9.24. The molecule has 0 spiro atoms. The second-order valence-electron chi connectivity index (χ2n) is 6.12. The van der Waals surface area contributed by atoms with E-state index in [0.29, 0.717) is 24.4 Å². The maximum Gasteiger partial charge on any atom is 0.236 e. The summed E-state index contributed by atoms with van der Waals surface area (Å²) in [5, 5.41) is 0. The zero-order valence-corrected chi connectivity index (χ0v) is 13.5. The molecule has 0 saturated carbocycles. The minimum Gasteiger partial charge on any atom is -0.339 e. The van der Waals surface area contributed by atoms with Crippen molar-refractivity contribution in [3.05, 3.63) is 0 Å². The van der Waals surface area contributed by atoms with Crippen molar-refractivity contribution in [3.63, 3.8) is 0 Å². The Hall–Kier alpha value is -0.320. The van der Waals surface area contributed by atoms with Gasteiger partial charge in [0, 0.05) is 19.1 Å². The standard InChI is InChI=1S/C15H29N3O.ClH/c1-2-14-7-3-4-9-18(14)15(19)12-17-8-5-6-13(10-16)11-17;/h13-14H,2-12,16H2,1H3;1H. The molecule has 2 heterocycles. The molecule has 0 aliphatic carbocycles. The zero-order valence-electron chi connectivity index (χ0n) is 12.7. The van der Waals surface area contributed by atoms with Crippen molar-refractivity contribution in [1.82, 2.24) is 9.80 Å². The van der Waals surface area contributed by atoms with E-state index in [1.165, 1.54) is 32.1 Å². The number of piperidine rings is 2. The van der Waals surface area contributed by atoms with E-state index in [1.807, 2.05) is 0 Å². The van der Waals surface area contributed by atoms with E-state index in [2.05, 4.69) is 16.7 Å². The molecule has 2 aliphatic heterocycles. The van der Waals surface area contributed by atoms with Crippen LogP contribution in [0.15, 0.2) is 0 Å². The molecule has 2 N–H and O–H groups in total. The number of carbonyl (C=O) groups excluding carboxylic acids is 1. The monoisotopic (exact) mass is 303 g/mol. The van der Waals surface area contributed by atoms with Crippen molar-refractivity contribution in [2.45, 2.75) is 51.5 Å². The maximum atomic E-state index is 12.5. The summed E-state index contributed by atoms with van der Waals surface area (Å²) in [5.41, 5.74) is 5.76. The smallest absolute Gasteiger partial charge is 0.236 e. The van der Waals surface area contributed by atoms with E-state index >= 15 is 0 Å². The summed E-state index contributed by atoms with van der Waals surface area (Å²) in [6.45, 7) is 6.59. The highest BCUT2D eigenvalue weighted by molar-refractivity contribution is 5.85. The van der Waals surface area contributed by atoms with Gasteiger partial charge in [-0.15, -0.1) is 12.4 Å². The Morgan fingerprint density at radius 3 is 2.70 bits per heavy atom. The number of carbonyl (C=O) groups is 1. The third kappa shape index (κ3) is 4.61. The Balaban J connectivity index is 0.00000200. The molecule has 2 fully saturated rings. The molecule has 0 radical (unpaired) electrons. The van der Waals surface area contributed by atoms with Gasteiger partial charge >= 0.3 is 0 Å². The van der Waals surface area contributed by atoms with Gasteiger partial charge in [0.05, 0.1) is 6.54 Å². The highest BCUT2D eigenvalue weighted by atomic mass is 35.5. The van der Waals surface area contributed by atoms with Gasteiger partial charge in [-0.1, -0.05) is 6.92 Å². The predicted molar refractivity (Wildman–Crippen MR) is 85.1 cm³/mol. The molecule has 0 aromatic rings. The molecular weight excluding hydrogens is 274 g/mol. The van der Waals surface area contributed by atoms with Crippen molar-refractivity contribution in [1.29, 1.82) is 0 Å². The summed E-state index contributed by atoms with van der Waals surface area (Å²) >= 11 is 0. The molecule has 4 nitrogen and oxygen atoms in total. The van der Waals surface area contributed by atoms with Crippen LogP contribution in [0.2, 0.25) is 0 Å². The molecule has 2 aliphatic rings. The van der Waals surface area contributed by atoms with Crippen molar-refractivity contribution in [3.8, 4) is 0 Å². The molecule has 0 aromatic heterocycles. The summed E-state index contributed by atoms with van der Waals surface area (Å²) in [5.74, 6) is 0.925. The molecule has 2 atom stereocenters. The van der Waals surface area contributed by atoms with Crippen LogP contribution in [0.3, 0.4) is 0 Å². The highest BCUT2D eigenvalue weighted by Gasteiger charge is 2.28. The van der Waals surface area contributed by atoms with Crippen LogP contribution in [-0.4, -0.2) is 54.5 Å². The molecule has 20 heavy (non-hydrogen) atoms. The molecule has 118 valence electrons. The fourth-order valence-corrected chi connectivity index (χ4v) is 3.52. The first kappa shape index (κ1) is 17.7. The Morgan fingerprint density at radius 1 is 1.20 bits per heavy atom. The van der Waals surface area contributed by atoms with Gasteiger partial charge in [0.15, 0.2) is 0 Å². The number of nitrogens with zero attached hydrogens (tertiary/aromatic N) is 2. The van der Waals surface area contributed by atoms with Gasteiger partial charge in [0.1, 0.15) is 0 Å². The van der Waals surface area contributed by atoms with Gasteiger partial charge in [0.2, 0.25) is 5.91 Å². The third-order valence-electron chi connectivity index (χ3n) is 4.71. The summed E-state index contributed by atoms with van der Waals surface area (Å²) in [7, 11) is 0. The van der Waals surface area contributed by atoms with E-state index in [0.717, 1.165) is 32.6 Å². The average Bonchev–Trinajstić information content (AvgIpc) is 2.47. The van der Waals surface area contributed by atoms with Gasteiger partial charge in [-0.3, -0.25) is 9.69 Å². The molecule has 2 saturated heterocycles. The molecular formula is C15H30ClN3O. The lowest BCUT2D eigenvalue weighted by Gasteiger charge is -2.38. The minimum absolute atomic E-state index is 0. The molecule has 0 bridgehead atoms. The van der Waals surface area contributed by atoms with E-state index < -0.39 is 0 Å². The number of hydrogen-bond acceptors (Lipinski definition) is 3. The van der Waals surface area contributed by atoms with Crippen molar-refractivity contribution in [2.24, 2.45) is 11.7 Å². The van der Waals surface area contributed by atoms with Crippen LogP contribution < -0.4 is 5.73 Å². The Bertz CT molecular complexity index is 301. The zero-order chi connectivity index (χ0) is 13.7. The van der Waals surface area contributed by atoms with Crippen molar-refractivity contribution in [2.75, 3.05) is 32.7 Å². The van der Waals surface area contributed by atoms with Gasteiger partial charge < -0.3 is 10.6 Å². The first-order valence-electron chi connectivity index (χ1n) is 7.96.